The zero-order valence-corrected chi connectivity index (χ0v) is 14.4. The zero-order valence-electron chi connectivity index (χ0n) is 14.4. The number of aryl methyl sites for hydroxylation is 1. The van der Waals surface area contributed by atoms with Gasteiger partial charge in [0.2, 0.25) is 11.9 Å². The summed E-state index contributed by atoms with van der Waals surface area (Å²) in [5.74, 6) is 2.13. The minimum atomic E-state index is 0.306. The van der Waals surface area contributed by atoms with Crippen molar-refractivity contribution < 1.29 is 4.79 Å². The van der Waals surface area contributed by atoms with E-state index in [-0.39, 0.29) is 0 Å². The second kappa shape index (κ2) is 7.34. The first-order chi connectivity index (χ1) is 11.2. The third kappa shape index (κ3) is 3.86. The lowest BCUT2D eigenvalue weighted by molar-refractivity contribution is -0.133. The van der Waals surface area contributed by atoms with Crippen molar-refractivity contribution >= 4 is 11.9 Å². The normalized spacial score (nSPS) is 21.0. The number of carbonyl (C=O) groups excluding carboxylic acids is 1. The van der Waals surface area contributed by atoms with E-state index in [9.17, 15) is 4.79 Å². The molecule has 0 bridgehead atoms. The molecule has 2 aliphatic heterocycles. The Morgan fingerprint density at radius 1 is 1.17 bits per heavy atom. The molecule has 23 heavy (non-hydrogen) atoms. The van der Waals surface area contributed by atoms with E-state index in [1.807, 2.05) is 12.4 Å². The lowest BCUT2D eigenvalue weighted by Crippen LogP contribution is -2.51. The van der Waals surface area contributed by atoms with Gasteiger partial charge in [0.15, 0.2) is 0 Å². The number of imidazole rings is 1. The van der Waals surface area contributed by atoms with Crippen LogP contribution in [0.3, 0.4) is 0 Å². The minimum Gasteiger partial charge on any atom is -0.342 e. The van der Waals surface area contributed by atoms with Crippen LogP contribution >= 0.6 is 0 Å². The van der Waals surface area contributed by atoms with Gasteiger partial charge in [0.1, 0.15) is 0 Å². The van der Waals surface area contributed by atoms with Gasteiger partial charge in [-0.25, -0.2) is 4.98 Å². The first-order valence-corrected chi connectivity index (χ1v) is 8.93. The van der Waals surface area contributed by atoms with Crippen LogP contribution < -0.4 is 4.90 Å². The molecular weight excluding hydrogens is 290 g/mol. The van der Waals surface area contributed by atoms with Crippen LogP contribution in [0.5, 0.6) is 0 Å². The van der Waals surface area contributed by atoms with Gasteiger partial charge in [-0.05, 0) is 25.7 Å². The Morgan fingerprint density at radius 3 is 2.52 bits per heavy atom. The number of hydrogen-bond donors (Lipinski definition) is 0. The van der Waals surface area contributed by atoms with Gasteiger partial charge < -0.3 is 14.4 Å². The van der Waals surface area contributed by atoms with Crippen molar-refractivity contribution in [1.82, 2.24) is 19.4 Å². The summed E-state index contributed by atoms with van der Waals surface area (Å²) < 4.78 is 2.18. The number of nitrogens with zero attached hydrogens (tertiary/aromatic N) is 5. The molecule has 1 amide bonds. The standard InChI is InChI=1S/C17H29N5O/c1-3-20-9-6-18-17(20)22-12-10-19(11-13-22)14-16(23)21-7-4-15(2)5-8-21/h6,9,15H,3-5,7-8,10-14H2,1-2H3. The van der Waals surface area contributed by atoms with Crippen LogP contribution in [-0.2, 0) is 11.3 Å². The maximum Gasteiger partial charge on any atom is 0.236 e. The van der Waals surface area contributed by atoms with Gasteiger partial charge in [-0.3, -0.25) is 9.69 Å². The van der Waals surface area contributed by atoms with Crippen LogP contribution in [0.25, 0.3) is 0 Å². The topological polar surface area (TPSA) is 44.6 Å². The van der Waals surface area contributed by atoms with Crippen molar-refractivity contribution in [2.24, 2.45) is 5.92 Å². The predicted octanol–water partition coefficient (Wildman–Crippen LogP) is 1.28. The van der Waals surface area contributed by atoms with Crippen molar-refractivity contribution in [1.29, 1.82) is 0 Å². The fraction of sp³-hybridized carbons (Fsp3) is 0.765. The molecule has 0 atom stereocenters. The molecule has 0 aliphatic carbocycles. The first kappa shape index (κ1) is 16.3. The maximum absolute atomic E-state index is 12.4. The Bertz CT molecular complexity index is 513. The minimum absolute atomic E-state index is 0.306. The molecule has 6 heteroatoms. The lowest BCUT2D eigenvalue weighted by atomic mass is 9.99. The summed E-state index contributed by atoms with van der Waals surface area (Å²) in [6, 6.07) is 0. The Balaban J connectivity index is 1.47. The van der Waals surface area contributed by atoms with Crippen LogP contribution in [0.2, 0.25) is 0 Å². The highest BCUT2D eigenvalue weighted by Gasteiger charge is 2.25. The van der Waals surface area contributed by atoms with Gasteiger partial charge in [0.25, 0.3) is 0 Å². The lowest BCUT2D eigenvalue weighted by Gasteiger charge is -2.37. The fourth-order valence-electron chi connectivity index (χ4n) is 3.49. The summed E-state index contributed by atoms with van der Waals surface area (Å²) >= 11 is 0. The largest absolute Gasteiger partial charge is 0.342 e. The molecule has 2 fully saturated rings. The SMILES string of the molecule is CCn1ccnc1N1CCN(CC(=O)N2CCC(C)CC2)CC1. The molecule has 2 saturated heterocycles. The molecule has 3 heterocycles. The van der Waals surface area contributed by atoms with E-state index in [2.05, 4.69) is 38.1 Å². The van der Waals surface area contributed by atoms with Crippen molar-refractivity contribution in [3.63, 3.8) is 0 Å². The Morgan fingerprint density at radius 2 is 1.87 bits per heavy atom. The Labute approximate surface area is 139 Å². The molecule has 128 valence electrons. The third-order valence-corrected chi connectivity index (χ3v) is 5.18. The molecule has 0 unspecified atom stereocenters. The van der Waals surface area contributed by atoms with Gasteiger partial charge in [-0.2, -0.15) is 0 Å². The smallest absolute Gasteiger partial charge is 0.236 e. The number of aromatic nitrogens is 2. The van der Waals surface area contributed by atoms with Crippen molar-refractivity contribution in [3.05, 3.63) is 12.4 Å². The second-order valence-electron chi connectivity index (χ2n) is 6.84. The molecule has 1 aromatic heterocycles. The van der Waals surface area contributed by atoms with Crippen LogP contribution in [-0.4, -0.2) is 71.1 Å². The van der Waals surface area contributed by atoms with Crippen LogP contribution in [0.15, 0.2) is 12.4 Å². The molecule has 2 aliphatic rings. The molecule has 0 radical (unpaired) electrons. The maximum atomic E-state index is 12.4. The average Bonchev–Trinajstić information content (AvgIpc) is 3.05. The van der Waals surface area contributed by atoms with Gasteiger partial charge in [0.05, 0.1) is 6.54 Å². The summed E-state index contributed by atoms with van der Waals surface area (Å²) in [6.07, 6.45) is 6.20. The second-order valence-corrected chi connectivity index (χ2v) is 6.84. The predicted molar refractivity (Wildman–Crippen MR) is 91.5 cm³/mol. The fourth-order valence-corrected chi connectivity index (χ4v) is 3.49. The molecule has 0 saturated carbocycles. The highest BCUT2D eigenvalue weighted by Crippen LogP contribution is 2.17. The Hall–Kier alpha value is -1.56. The quantitative estimate of drug-likeness (QED) is 0.839. The molecule has 0 N–H and O–H groups in total. The molecule has 0 spiro atoms. The van der Waals surface area contributed by atoms with Gasteiger partial charge in [-0.1, -0.05) is 6.92 Å². The highest BCUT2D eigenvalue weighted by atomic mass is 16.2. The summed E-state index contributed by atoms with van der Waals surface area (Å²) in [6.45, 7) is 11.6. The average molecular weight is 319 g/mol. The number of likely N-dealkylation sites (tertiary alicyclic amines) is 1. The number of carbonyl (C=O) groups is 1. The number of amides is 1. The zero-order chi connectivity index (χ0) is 16.2. The van der Waals surface area contributed by atoms with E-state index in [4.69, 9.17) is 0 Å². The van der Waals surface area contributed by atoms with Crippen LogP contribution in [0.4, 0.5) is 5.95 Å². The summed E-state index contributed by atoms with van der Waals surface area (Å²) in [7, 11) is 0. The van der Waals surface area contributed by atoms with Gasteiger partial charge >= 0.3 is 0 Å². The van der Waals surface area contributed by atoms with E-state index in [0.717, 1.165) is 70.5 Å². The number of piperazine rings is 1. The number of piperidine rings is 1. The number of hydrogen-bond acceptors (Lipinski definition) is 4. The summed E-state index contributed by atoms with van der Waals surface area (Å²) in [5, 5.41) is 0. The van der Waals surface area contributed by atoms with E-state index in [1.165, 1.54) is 0 Å². The molecule has 3 rings (SSSR count). The first-order valence-electron chi connectivity index (χ1n) is 8.93. The van der Waals surface area contributed by atoms with Crippen LogP contribution in [0, 0.1) is 5.92 Å². The monoisotopic (exact) mass is 319 g/mol. The molecule has 1 aromatic rings. The summed E-state index contributed by atoms with van der Waals surface area (Å²) in [4.78, 5) is 23.6. The van der Waals surface area contributed by atoms with E-state index in [0.29, 0.717) is 12.5 Å². The van der Waals surface area contributed by atoms with E-state index in [1.54, 1.807) is 0 Å². The van der Waals surface area contributed by atoms with E-state index >= 15 is 0 Å². The van der Waals surface area contributed by atoms with Crippen LogP contribution in [0.1, 0.15) is 26.7 Å². The van der Waals surface area contributed by atoms with Crippen molar-refractivity contribution in [3.8, 4) is 0 Å². The van der Waals surface area contributed by atoms with Crippen molar-refractivity contribution in [2.45, 2.75) is 33.2 Å². The number of rotatable bonds is 4. The summed E-state index contributed by atoms with van der Waals surface area (Å²) in [5.41, 5.74) is 0. The molecule has 0 aromatic carbocycles. The Kier molecular flexibility index (Phi) is 5.20. The number of anilines is 1. The van der Waals surface area contributed by atoms with Crippen molar-refractivity contribution in [2.75, 3.05) is 50.7 Å². The van der Waals surface area contributed by atoms with Gasteiger partial charge in [0, 0.05) is 58.2 Å². The molecular formula is C17H29N5O. The van der Waals surface area contributed by atoms with Gasteiger partial charge in [-0.15, -0.1) is 0 Å². The van der Waals surface area contributed by atoms with E-state index < -0.39 is 0 Å². The molecule has 6 nitrogen and oxygen atoms in total. The highest BCUT2D eigenvalue weighted by molar-refractivity contribution is 5.78. The third-order valence-electron chi connectivity index (χ3n) is 5.18.